The Hall–Kier alpha value is -2.44. The van der Waals surface area contributed by atoms with Crippen LogP contribution in [0.2, 0.25) is 0 Å². The first kappa shape index (κ1) is 22.2. The average molecular weight is 427 g/mol. The number of hydrogen-bond donors (Lipinski definition) is 2. The fraction of sp³-hybridized carbons (Fsp3) is 0.333. The lowest BCUT2D eigenvalue weighted by molar-refractivity contribution is -0.898. The van der Waals surface area contributed by atoms with Crippen LogP contribution in [0.4, 0.5) is 4.39 Å². The van der Waals surface area contributed by atoms with Gasteiger partial charge in [0.15, 0.2) is 0 Å². The van der Waals surface area contributed by atoms with Crippen LogP contribution in [0.3, 0.4) is 0 Å². The molecule has 2 aromatic carbocycles. The Morgan fingerprint density at radius 2 is 1.73 bits per heavy atom. The van der Waals surface area contributed by atoms with Crippen LogP contribution in [0.15, 0.2) is 64.5 Å². The van der Waals surface area contributed by atoms with E-state index >= 15 is 0 Å². The molecule has 0 bridgehead atoms. The number of amides is 1. The second-order valence-corrected chi connectivity index (χ2v) is 8.43. The van der Waals surface area contributed by atoms with Crippen LogP contribution in [0, 0.1) is 5.82 Å². The SMILES string of the molecule is CCC[NH+](CCC)CCNC(=O)c1cc(Sc2ccc(F)cc2)nc2ccccc12. The van der Waals surface area contributed by atoms with Crippen LogP contribution >= 0.6 is 11.8 Å². The zero-order valence-corrected chi connectivity index (χ0v) is 18.4. The topological polar surface area (TPSA) is 46.4 Å². The first-order valence-corrected chi connectivity index (χ1v) is 11.4. The van der Waals surface area contributed by atoms with Gasteiger partial charge in [-0.2, -0.15) is 0 Å². The minimum Gasteiger partial charge on any atom is -0.346 e. The summed E-state index contributed by atoms with van der Waals surface area (Å²) in [5.41, 5.74) is 1.40. The van der Waals surface area contributed by atoms with E-state index in [2.05, 4.69) is 24.1 Å². The third-order valence-corrected chi connectivity index (χ3v) is 5.87. The van der Waals surface area contributed by atoms with Gasteiger partial charge in [-0.3, -0.25) is 4.79 Å². The molecule has 4 nitrogen and oxygen atoms in total. The maximum absolute atomic E-state index is 13.2. The van der Waals surface area contributed by atoms with E-state index in [-0.39, 0.29) is 11.7 Å². The lowest BCUT2D eigenvalue weighted by Crippen LogP contribution is -3.12. The number of nitrogens with one attached hydrogen (secondary N) is 2. The number of carbonyl (C=O) groups is 1. The zero-order valence-electron chi connectivity index (χ0n) is 17.6. The number of quaternary nitrogens is 1. The van der Waals surface area contributed by atoms with E-state index in [4.69, 9.17) is 0 Å². The van der Waals surface area contributed by atoms with E-state index in [1.807, 2.05) is 30.3 Å². The molecular formula is C24H29FN3OS+. The van der Waals surface area contributed by atoms with E-state index in [1.54, 1.807) is 12.1 Å². The highest BCUT2D eigenvalue weighted by molar-refractivity contribution is 7.99. The number of para-hydroxylation sites is 1. The maximum atomic E-state index is 13.2. The summed E-state index contributed by atoms with van der Waals surface area (Å²) in [6.45, 7) is 8.20. The summed E-state index contributed by atoms with van der Waals surface area (Å²) >= 11 is 1.42. The lowest BCUT2D eigenvalue weighted by Gasteiger charge is -2.18. The van der Waals surface area contributed by atoms with Crippen LogP contribution in [0.25, 0.3) is 10.9 Å². The Balaban J connectivity index is 1.77. The van der Waals surface area contributed by atoms with Crippen molar-refractivity contribution in [3.05, 3.63) is 66.0 Å². The molecular weight excluding hydrogens is 397 g/mol. The standard InChI is InChI=1S/C24H28FN3OS/c1-3-14-28(15-4-2)16-13-26-24(29)21-17-23(27-22-8-6-5-7-20(21)22)30-19-11-9-18(25)10-12-19/h5-12,17H,3-4,13-16H2,1-2H3,(H,26,29)/p+1. The van der Waals surface area contributed by atoms with Crippen molar-refractivity contribution in [1.82, 2.24) is 10.3 Å². The number of fused-ring (bicyclic) bond motifs is 1. The molecule has 0 saturated heterocycles. The third kappa shape index (κ3) is 6.03. The second-order valence-electron chi connectivity index (χ2n) is 7.34. The van der Waals surface area contributed by atoms with Gasteiger partial charge in [0.25, 0.3) is 5.91 Å². The van der Waals surface area contributed by atoms with E-state index in [0.29, 0.717) is 12.1 Å². The Labute approximate surface area is 181 Å². The predicted octanol–water partition coefficient (Wildman–Crippen LogP) is 3.96. The van der Waals surface area contributed by atoms with Crippen molar-refractivity contribution in [3.63, 3.8) is 0 Å². The number of aromatic nitrogens is 1. The minimum atomic E-state index is -0.270. The molecule has 0 aliphatic carbocycles. The van der Waals surface area contributed by atoms with Crippen molar-refractivity contribution in [3.8, 4) is 0 Å². The minimum absolute atomic E-state index is 0.0816. The summed E-state index contributed by atoms with van der Waals surface area (Å²) in [4.78, 5) is 20.1. The molecule has 0 aliphatic heterocycles. The number of nitrogens with zero attached hydrogens (tertiary/aromatic N) is 1. The number of hydrogen-bond acceptors (Lipinski definition) is 3. The molecule has 1 aromatic heterocycles. The van der Waals surface area contributed by atoms with Gasteiger partial charge in [0.1, 0.15) is 10.8 Å². The predicted molar refractivity (Wildman–Crippen MR) is 121 cm³/mol. The van der Waals surface area contributed by atoms with Gasteiger partial charge in [0.05, 0.1) is 37.3 Å². The Kier molecular flexibility index (Phi) is 8.22. The summed E-state index contributed by atoms with van der Waals surface area (Å²) in [6, 6.07) is 15.8. The van der Waals surface area contributed by atoms with Crippen LogP contribution in [0.5, 0.6) is 0 Å². The first-order valence-electron chi connectivity index (χ1n) is 10.6. The molecule has 3 aromatic rings. The van der Waals surface area contributed by atoms with Crippen molar-refractivity contribution >= 4 is 28.6 Å². The lowest BCUT2D eigenvalue weighted by atomic mass is 10.1. The average Bonchev–Trinajstić information content (AvgIpc) is 2.75. The molecule has 0 aliphatic rings. The first-order chi connectivity index (χ1) is 14.6. The van der Waals surface area contributed by atoms with Gasteiger partial charge in [-0.25, -0.2) is 9.37 Å². The van der Waals surface area contributed by atoms with Gasteiger partial charge in [-0.1, -0.05) is 43.8 Å². The number of halogens is 1. The van der Waals surface area contributed by atoms with Crippen molar-refractivity contribution in [2.45, 2.75) is 36.6 Å². The number of pyridine rings is 1. The molecule has 0 atom stereocenters. The van der Waals surface area contributed by atoms with Gasteiger partial charge >= 0.3 is 0 Å². The Morgan fingerprint density at radius 1 is 1.03 bits per heavy atom. The van der Waals surface area contributed by atoms with E-state index in [9.17, 15) is 9.18 Å². The molecule has 1 heterocycles. The number of carbonyl (C=O) groups excluding carboxylic acids is 1. The van der Waals surface area contributed by atoms with Crippen LogP contribution in [-0.2, 0) is 0 Å². The fourth-order valence-electron chi connectivity index (χ4n) is 3.54. The molecule has 0 spiro atoms. The van der Waals surface area contributed by atoms with E-state index in [1.165, 1.54) is 28.8 Å². The highest BCUT2D eigenvalue weighted by Gasteiger charge is 2.14. The monoisotopic (exact) mass is 426 g/mol. The number of benzene rings is 2. The maximum Gasteiger partial charge on any atom is 0.252 e. The summed E-state index contributed by atoms with van der Waals surface area (Å²) < 4.78 is 13.2. The van der Waals surface area contributed by atoms with E-state index in [0.717, 1.165) is 53.3 Å². The summed E-state index contributed by atoms with van der Waals surface area (Å²) in [5, 5.41) is 4.65. The quantitative estimate of drug-likeness (QED) is 0.516. The van der Waals surface area contributed by atoms with Crippen LogP contribution in [-0.4, -0.2) is 37.1 Å². The smallest absolute Gasteiger partial charge is 0.252 e. The molecule has 0 unspecified atom stereocenters. The largest absolute Gasteiger partial charge is 0.346 e. The summed E-state index contributed by atoms with van der Waals surface area (Å²) in [7, 11) is 0. The second kappa shape index (κ2) is 11.1. The van der Waals surface area contributed by atoms with E-state index < -0.39 is 0 Å². The molecule has 30 heavy (non-hydrogen) atoms. The molecule has 0 radical (unpaired) electrons. The summed E-state index contributed by atoms with van der Waals surface area (Å²) in [5.74, 6) is -0.352. The normalized spacial score (nSPS) is 11.2. The van der Waals surface area contributed by atoms with Crippen molar-refractivity contribution in [1.29, 1.82) is 0 Å². The molecule has 158 valence electrons. The van der Waals surface area contributed by atoms with Gasteiger partial charge in [-0.15, -0.1) is 0 Å². The highest BCUT2D eigenvalue weighted by atomic mass is 32.2. The molecule has 3 rings (SSSR count). The van der Waals surface area contributed by atoms with Crippen molar-refractivity contribution in [2.24, 2.45) is 0 Å². The van der Waals surface area contributed by atoms with Crippen molar-refractivity contribution < 1.29 is 14.1 Å². The summed E-state index contributed by atoms with van der Waals surface area (Å²) in [6.07, 6.45) is 2.28. The molecule has 0 fully saturated rings. The van der Waals surface area contributed by atoms with Crippen LogP contribution < -0.4 is 10.2 Å². The van der Waals surface area contributed by atoms with Crippen LogP contribution in [0.1, 0.15) is 37.0 Å². The van der Waals surface area contributed by atoms with Gasteiger partial charge in [0.2, 0.25) is 0 Å². The molecule has 1 amide bonds. The Bertz CT molecular complexity index is 972. The fourth-order valence-corrected chi connectivity index (χ4v) is 4.38. The molecule has 6 heteroatoms. The Morgan fingerprint density at radius 3 is 2.43 bits per heavy atom. The van der Waals surface area contributed by atoms with Gasteiger partial charge in [-0.05, 0) is 49.2 Å². The number of rotatable bonds is 10. The van der Waals surface area contributed by atoms with Gasteiger partial charge in [0, 0.05) is 10.3 Å². The molecule has 2 N–H and O–H groups in total. The molecule has 0 saturated carbocycles. The van der Waals surface area contributed by atoms with Crippen molar-refractivity contribution in [2.75, 3.05) is 26.2 Å². The zero-order chi connectivity index (χ0) is 21.3. The third-order valence-electron chi connectivity index (χ3n) is 4.94. The highest BCUT2D eigenvalue weighted by Crippen LogP contribution is 2.29. The van der Waals surface area contributed by atoms with Gasteiger partial charge < -0.3 is 10.2 Å².